The van der Waals surface area contributed by atoms with Gasteiger partial charge in [0.15, 0.2) is 0 Å². The molecular weight excluding hydrogens is 188 g/mol. The lowest BCUT2D eigenvalue weighted by Crippen LogP contribution is -2.43. The van der Waals surface area contributed by atoms with Crippen LogP contribution in [0.25, 0.3) is 0 Å². The molecule has 1 heterocycles. The topological polar surface area (TPSA) is 12.5 Å². The van der Waals surface area contributed by atoms with Gasteiger partial charge in [0.25, 0.3) is 6.43 Å². The van der Waals surface area contributed by atoms with Crippen LogP contribution in [0.4, 0.5) is 8.78 Å². The quantitative estimate of drug-likeness (QED) is 0.700. The Morgan fingerprint density at radius 2 is 2.00 bits per heavy atom. The van der Waals surface area contributed by atoms with Crippen LogP contribution in [0.1, 0.15) is 26.7 Å². The molecule has 0 radical (unpaired) electrons. The number of likely N-dealkylation sites (N-methyl/N-ethyl adjacent to an activating group) is 1. The molecule has 1 saturated heterocycles. The van der Waals surface area contributed by atoms with Gasteiger partial charge in [-0.1, -0.05) is 0 Å². The fraction of sp³-hybridized carbons (Fsp3) is 1.00. The molecule has 0 spiro atoms. The lowest BCUT2D eigenvalue weighted by Gasteiger charge is -2.29. The van der Waals surface area contributed by atoms with Gasteiger partial charge in [0, 0.05) is 6.04 Å². The van der Waals surface area contributed by atoms with Gasteiger partial charge in [-0.15, -0.1) is 0 Å². The van der Waals surface area contributed by atoms with Crippen LogP contribution < -0.4 is 0 Å². The fourth-order valence-corrected chi connectivity index (χ4v) is 1.98. The minimum Gasteiger partial charge on any atom is -0.368 e. The van der Waals surface area contributed by atoms with Crippen LogP contribution >= 0.6 is 0 Å². The van der Waals surface area contributed by atoms with Crippen LogP contribution in [-0.4, -0.2) is 43.2 Å². The standard InChI is InChI=1S/C10H19F2NO/c1-7(2)14-9(10(11)12)8-5-4-6-13(8)3/h7-10H,4-6H2,1-3H3/t8-,9?/m0/s1. The van der Waals surface area contributed by atoms with Crippen molar-refractivity contribution in [2.45, 2.75) is 51.4 Å². The number of alkyl halides is 2. The number of hydrogen-bond donors (Lipinski definition) is 0. The Morgan fingerprint density at radius 3 is 2.36 bits per heavy atom. The van der Waals surface area contributed by atoms with Gasteiger partial charge in [-0.2, -0.15) is 0 Å². The number of hydrogen-bond acceptors (Lipinski definition) is 2. The predicted octanol–water partition coefficient (Wildman–Crippen LogP) is 2.14. The van der Waals surface area contributed by atoms with E-state index in [0.717, 1.165) is 19.4 Å². The first-order chi connectivity index (χ1) is 6.52. The lowest BCUT2D eigenvalue weighted by atomic mass is 10.1. The summed E-state index contributed by atoms with van der Waals surface area (Å²) in [5.74, 6) is 0. The highest BCUT2D eigenvalue weighted by Gasteiger charge is 2.36. The van der Waals surface area contributed by atoms with Crippen LogP contribution in [0.15, 0.2) is 0 Å². The van der Waals surface area contributed by atoms with Crippen molar-refractivity contribution in [3.05, 3.63) is 0 Å². The van der Waals surface area contributed by atoms with E-state index in [9.17, 15) is 8.78 Å². The molecule has 1 rings (SSSR count). The zero-order valence-corrected chi connectivity index (χ0v) is 9.04. The third-order valence-electron chi connectivity index (χ3n) is 2.63. The predicted molar refractivity (Wildman–Crippen MR) is 51.7 cm³/mol. The average Bonchev–Trinajstić information content (AvgIpc) is 2.46. The van der Waals surface area contributed by atoms with E-state index in [-0.39, 0.29) is 12.1 Å². The third-order valence-corrected chi connectivity index (χ3v) is 2.63. The summed E-state index contributed by atoms with van der Waals surface area (Å²) in [5, 5.41) is 0. The van der Waals surface area contributed by atoms with Crippen molar-refractivity contribution in [2.75, 3.05) is 13.6 Å². The molecule has 0 aromatic heterocycles. The molecule has 1 unspecified atom stereocenters. The molecule has 0 amide bonds. The maximum absolute atomic E-state index is 12.7. The zero-order chi connectivity index (χ0) is 10.7. The summed E-state index contributed by atoms with van der Waals surface area (Å²) in [7, 11) is 1.89. The molecule has 0 aromatic carbocycles. The Morgan fingerprint density at radius 1 is 1.36 bits per heavy atom. The number of nitrogens with zero attached hydrogens (tertiary/aromatic N) is 1. The molecule has 0 saturated carbocycles. The minimum atomic E-state index is -2.39. The summed E-state index contributed by atoms with van der Waals surface area (Å²) in [6.07, 6.45) is -1.64. The summed E-state index contributed by atoms with van der Waals surface area (Å²) in [5.41, 5.74) is 0. The molecule has 84 valence electrons. The van der Waals surface area contributed by atoms with Crippen molar-refractivity contribution in [3.63, 3.8) is 0 Å². The average molecular weight is 207 g/mol. The van der Waals surface area contributed by atoms with Crippen LogP contribution in [-0.2, 0) is 4.74 Å². The summed E-state index contributed by atoms with van der Waals surface area (Å²) in [4.78, 5) is 1.97. The fourth-order valence-electron chi connectivity index (χ4n) is 1.98. The molecule has 1 fully saturated rings. The molecule has 0 aromatic rings. The van der Waals surface area contributed by atoms with Crippen molar-refractivity contribution >= 4 is 0 Å². The maximum atomic E-state index is 12.7. The van der Waals surface area contributed by atoms with Gasteiger partial charge >= 0.3 is 0 Å². The molecule has 1 aliphatic heterocycles. The Labute approximate surface area is 84.2 Å². The molecule has 4 heteroatoms. The van der Waals surface area contributed by atoms with Gasteiger partial charge in [-0.3, -0.25) is 0 Å². The summed E-state index contributed by atoms with van der Waals surface area (Å²) < 4.78 is 30.7. The summed E-state index contributed by atoms with van der Waals surface area (Å²) >= 11 is 0. The van der Waals surface area contributed by atoms with Crippen LogP contribution in [0.5, 0.6) is 0 Å². The van der Waals surface area contributed by atoms with E-state index in [4.69, 9.17) is 4.74 Å². The van der Waals surface area contributed by atoms with Crippen molar-refractivity contribution < 1.29 is 13.5 Å². The SMILES string of the molecule is CC(C)OC(C(F)F)[C@@H]1CCCN1C. The molecule has 1 aliphatic rings. The number of likely N-dealkylation sites (tertiary alicyclic amines) is 1. The van der Waals surface area contributed by atoms with Crippen molar-refractivity contribution in [3.8, 4) is 0 Å². The Balaban J connectivity index is 2.57. The van der Waals surface area contributed by atoms with Gasteiger partial charge in [-0.25, -0.2) is 8.78 Å². The van der Waals surface area contributed by atoms with E-state index in [1.165, 1.54) is 0 Å². The van der Waals surface area contributed by atoms with Gasteiger partial charge < -0.3 is 9.64 Å². The van der Waals surface area contributed by atoms with Crippen molar-refractivity contribution in [1.29, 1.82) is 0 Å². The van der Waals surface area contributed by atoms with E-state index in [1.54, 1.807) is 13.8 Å². The number of halogens is 2. The maximum Gasteiger partial charge on any atom is 0.265 e. The van der Waals surface area contributed by atoms with E-state index >= 15 is 0 Å². The van der Waals surface area contributed by atoms with Gasteiger partial charge in [0.05, 0.1) is 6.10 Å². The molecular formula is C10H19F2NO. The second-order valence-corrected chi connectivity index (χ2v) is 4.17. The van der Waals surface area contributed by atoms with Gasteiger partial charge in [-0.05, 0) is 40.3 Å². The van der Waals surface area contributed by atoms with E-state index in [0.29, 0.717) is 0 Å². The second kappa shape index (κ2) is 5.03. The largest absolute Gasteiger partial charge is 0.368 e. The van der Waals surface area contributed by atoms with E-state index in [1.807, 2.05) is 11.9 Å². The van der Waals surface area contributed by atoms with Gasteiger partial charge in [0.2, 0.25) is 0 Å². The van der Waals surface area contributed by atoms with Crippen LogP contribution in [0.3, 0.4) is 0 Å². The summed E-state index contributed by atoms with van der Waals surface area (Å²) in [6, 6.07) is -0.114. The van der Waals surface area contributed by atoms with Crippen molar-refractivity contribution in [1.82, 2.24) is 4.90 Å². The first-order valence-corrected chi connectivity index (χ1v) is 5.16. The van der Waals surface area contributed by atoms with Gasteiger partial charge in [0.1, 0.15) is 6.10 Å². The first-order valence-electron chi connectivity index (χ1n) is 5.16. The third kappa shape index (κ3) is 2.89. The molecule has 14 heavy (non-hydrogen) atoms. The van der Waals surface area contributed by atoms with E-state index in [2.05, 4.69) is 0 Å². The molecule has 0 aliphatic carbocycles. The monoisotopic (exact) mass is 207 g/mol. The Hall–Kier alpha value is -0.220. The lowest BCUT2D eigenvalue weighted by molar-refractivity contribution is -0.109. The minimum absolute atomic E-state index is 0.114. The number of ether oxygens (including phenoxy) is 1. The molecule has 0 bridgehead atoms. The normalized spacial score (nSPS) is 26.4. The van der Waals surface area contributed by atoms with Crippen LogP contribution in [0, 0.1) is 0 Å². The second-order valence-electron chi connectivity index (χ2n) is 4.17. The highest BCUT2D eigenvalue weighted by Crippen LogP contribution is 2.24. The Kier molecular flexibility index (Phi) is 4.26. The first kappa shape index (κ1) is 11.9. The van der Waals surface area contributed by atoms with Crippen LogP contribution in [0.2, 0.25) is 0 Å². The molecule has 0 N–H and O–H groups in total. The molecule has 2 nitrogen and oxygen atoms in total. The Bertz CT molecular complexity index is 176. The highest BCUT2D eigenvalue weighted by molar-refractivity contribution is 4.85. The smallest absolute Gasteiger partial charge is 0.265 e. The summed E-state index contributed by atoms with van der Waals surface area (Å²) in [6.45, 7) is 4.49. The highest BCUT2D eigenvalue weighted by atomic mass is 19.3. The molecule has 2 atom stereocenters. The zero-order valence-electron chi connectivity index (χ0n) is 9.04. The van der Waals surface area contributed by atoms with E-state index < -0.39 is 12.5 Å². The van der Waals surface area contributed by atoms with Crippen molar-refractivity contribution in [2.24, 2.45) is 0 Å². The number of rotatable bonds is 4.